The smallest absolute Gasteiger partial charge is 0.220 e. The Labute approximate surface area is 434 Å². The van der Waals surface area contributed by atoms with Crippen molar-refractivity contribution in [1.29, 1.82) is 0 Å². The quantitative estimate of drug-likeness (QED) is 0.0420. The summed E-state index contributed by atoms with van der Waals surface area (Å²) < 4.78 is 0. The molecule has 0 aromatic carbocycles. The van der Waals surface area contributed by atoms with E-state index in [1.54, 1.807) is 6.08 Å². The lowest BCUT2D eigenvalue weighted by Gasteiger charge is -2.20. The van der Waals surface area contributed by atoms with Crippen molar-refractivity contribution in [2.24, 2.45) is 0 Å². The molecule has 0 aromatic heterocycles. The van der Waals surface area contributed by atoms with Gasteiger partial charge >= 0.3 is 0 Å². The Morgan fingerprint density at radius 3 is 0.797 bits per heavy atom. The van der Waals surface area contributed by atoms with Crippen molar-refractivity contribution >= 4 is 5.91 Å². The number of rotatable bonds is 60. The van der Waals surface area contributed by atoms with Gasteiger partial charge in [0.05, 0.1) is 18.8 Å². The lowest BCUT2D eigenvalue weighted by molar-refractivity contribution is -0.123. The van der Waals surface area contributed by atoms with Crippen LogP contribution in [0.5, 0.6) is 0 Å². The molecule has 0 radical (unpaired) electrons. The van der Waals surface area contributed by atoms with Gasteiger partial charge in [0.25, 0.3) is 0 Å². The highest BCUT2D eigenvalue weighted by atomic mass is 16.3. The second-order valence-corrected chi connectivity index (χ2v) is 22.2. The van der Waals surface area contributed by atoms with Crippen LogP contribution in [0.2, 0.25) is 0 Å². The first-order valence-electron chi connectivity index (χ1n) is 32.1. The van der Waals surface area contributed by atoms with Crippen LogP contribution in [-0.2, 0) is 4.79 Å². The zero-order chi connectivity index (χ0) is 49.9. The lowest BCUT2D eigenvalue weighted by Crippen LogP contribution is -2.45. The van der Waals surface area contributed by atoms with Crippen molar-refractivity contribution in [3.05, 3.63) is 24.3 Å². The molecular formula is C65H127NO3. The fourth-order valence-electron chi connectivity index (χ4n) is 10.3. The molecule has 0 aromatic rings. The van der Waals surface area contributed by atoms with Crippen molar-refractivity contribution < 1.29 is 15.0 Å². The summed E-state index contributed by atoms with van der Waals surface area (Å²) in [6.07, 6.45) is 82.4. The Hall–Kier alpha value is -1.13. The SMILES string of the molecule is CCCCCCCCCCCCCCCC/C=C\CCCCCCCCCCCCCCCCCCCC(=O)NC(CO)C(O)/C=C/CCCCCCCCCCCCCCCCCCCCCC. The van der Waals surface area contributed by atoms with Gasteiger partial charge in [-0.05, 0) is 44.9 Å². The monoisotopic (exact) mass is 970 g/mol. The highest BCUT2D eigenvalue weighted by Gasteiger charge is 2.18. The van der Waals surface area contributed by atoms with E-state index in [9.17, 15) is 15.0 Å². The zero-order valence-electron chi connectivity index (χ0n) is 47.4. The first-order chi connectivity index (χ1) is 34.2. The van der Waals surface area contributed by atoms with E-state index in [0.29, 0.717) is 6.42 Å². The molecule has 2 atom stereocenters. The van der Waals surface area contributed by atoms with Gasteiger partial charge in [-0.1, -0.05) is 340 Å². The average Bonchev–Trinajstić information content (AvgIpc) is 3.35. The number of carbonyl (C=O) groups is 1. The maximum Gasteiger partial charge on any atom is 0.220 e. The van der Waals surface area contributed by atoms with Crippen LogP contribution in [0.1, 0.15) is 367 Å². The van der Waals surface area contributed by atoms with Gasteiger partial charge in [0, 0.05) is 6.42 Å². The predicted octanol–water partition coefficient (Wildman–Crippen LogP) is 21.4. The minimum atomic E-state index is -0.838. The number of unbranched alkanes of at least 4 members (excludes halogenated alkanes) is 51. The van der Waals surface area contributed by atoms with Crippen molar-refractivity contribution in [1.82, 2.24) is 5.32 Å². The molecule has 4 nitrogen and oxygen atoms in total. The van der Waals surface area contributed by atoms with Gasteiger partial charge < -0.3 is 15.5 Å². The Kier molecular flexibility index (Phi) is 60.2. The topological polar surface area (TPSA) is 69.6 Å². The molecule has 4 heteroatoms. The van der Waals surface area contributed by atoms with Crippen LogP contribution in [-0.4, -0.2) is 34.9 Å². The van der Waals surface area contributed by atoms with Crippen LogP contribution in [0, 0.1) is 0 Å². The van der Waals surface area contributed by atoms with Gasteiger partial charge in [0.2, 0.25) is 5.91 Å². The third kappa shape index (κ3) is 57.6. The third-order valence-electron chi connectivity index (χ3n) is 15.2. The number of carbonyl (C=O) groups excluding carboxylic acids is 1. The summed E-state index contributed by atoms with van der Waals surface area (Å²) in [6, 6.07) is -0.621. The molecule has 0 saturated carbocycles. The van der Waals surface area contributed by atoms with Crippen LogP contribution < -0.4 is 5.32 Å². The second kappa shape index (κ2) is 61.2. The third-order valence-corrected chi connectivity index (χ3v) is 15.2. The summed E-state index contributed by atoms with van der Waals surface area (Å²) in [4.78, 5) is 12.5. The summed E-state index contributed by atoms with van der Waals surface area (Å²) in [5, 5.41) is 23.2. The van der Waals surface area contributed by atoms with Gasteiger partial charge in [-0.2, -0.15) is 0 Å². The van der Waals surface area contributed by atoms with E-state index in [4.69, 9.17) is 0 Å². The van der Waals surface area contributed by atoms with E-state index in [1.807, 2.05) is 6.08 Å². The van der Waals surface area contributed by atoms with E-state index in [0.717, 1.165) is 25.7 Å². The van der Waals surface area contributed by atoms with Crippen LogP contribution in [0.15, 0.2) is 24.3 Å². The fraction of sp³-hybridized carbons (Fsp3) is 0.923. The molecule has 3 N–H and O–H groups in total. The number of aliphatic hydroxyl groups excluding tert-OH is 2. The standard InChI is InChI=1S/C65H127NO3/c1-3-5-7-9-11-13-15-17-19-21-23-25-27-28-29-30-31-32-33-34-35-36-37-38-39-41-43-45-47-49-51-53-55-57-59-61-65(69)66-63(62-67)64(68)60-58-56-54-52-50-48-46-44-42-40-26-24-22-20-18-16-14-12-10-8-6-4-2/h30-31,58,60,63-64,67-68H,3-29,32-57,59,61-62H2,1-2H3,(H,66,69)/b31-30-,60-58+. The van der Waals surface area contributed by atoms with E-state index >= 15 is 0 Å². The first-order valence-corrected chi connectivity index (χ1v) is 32.1. The van der Waals surface area contributed by atoms with Gasteiger partial charge in [0.1, 0.15) is 0 Å². The molecule has 0 aliphatic carbocycles. The largest absolute Gasteiger partial charge is 0.394 e. The Morgan fingerprint density at radius 1 is 0.333 bits per heavy atom. The van der Waals surface area contributed by atoms with Crippen LogP contribution in [0.25, 0.3) is 0 Å². The van der Waals surface area contributed by atoms with Crippen molar-refractivity contribution in [3.63, 3.8) is 0 Å². The maximum atomic E-state index is 12.5. The molecule has 0 spiro atoms. The molecule has 69 heavy (non-hydrogen) atoms. The maximum absolute atomic E-state index is 12.5. The number of hydrogen-bond donors (Lipinski definition) is 3. The predicted molar refractivity (Wildman–Crippen MR) is 309 cm³/mol. The van der Waals surface area contributed by atoms with E-state index in [2.05, 4.69) is 31.3 Å². The number of nitrogens with one attached hydrogen (secondary N) is 1. The Morgan fingerprint density at radius 2 is 0.551 bits per heavy atom. The second-order valence-electron chi connectivity index (χ2n) is 22.2. The number of aliphatic hydroxyl groups is 2. The Bertz CT molecular complexity index is 1010. The molecule has 0 fully saturated rings. The molecule has 410 valence electrons. The summed E-state index contributed by atoms with van der Waals surface area (Å²) in [7, 11) is 0. The highest BCUT2D eigenvalue weighted by Crippen LogP contribution is 2.18. The molecule has 0 heterocycles. The molecule has 2 unspecified atom stereocenters. The first kappa shape index (κ1) is 67.9. The fourth-order valence-corrected chi connectivity index (χ4v) is 10.3. The summed E-state index contributed by atoms with van der Waals surface area (Å²) >= 11 is 0. The van der Waals surface area contributed by atoms with E-state index in [-0.39, 0.29) is 12.5 Å². The summed E-state index contributed by atoms with van der Waals surface area (Å²) in [5.41, 5.74) is 0. The normalized spacial score (nSPS) is 12.8. The van der Waals surface area contributed by atoms with E-state index in [1.165, 1.54) is 321 Å². The minimum Gasteiger partial charge on any atom is -0.394 e. The minimum absolute atomic E-state index is 0.0562. The number of hydrogen-bond acceptors (Lipinski definition) is 3. The van der Waals surface area contributed by atoms with Crippen LogP contribution >= 0.6 is 0 Å². The Balaban J connectivity index is 3.41. The zero-order valence-corrected chi connectivity index (χ0v) is 47.4. The van der Waals surface area contributed by atoms with Crippen molar-refractivity contribution in [2.45, 2.75) is 379 Å². The molecule has 0 aliphatic rings. The van der Waals surface area contributed by atoms with E-state index < -0.39 is 12.1 Å². The summed E-state index contributed by atoms with van der Waals surface area (Å²) in [5.74, 6) is -0.0562. The number of amides is 1. The molecular weight excluding hydrogens is 843 g/mol. The molecule has 1 amide bonds. The van der Waals surface area contributed by atoms with Crippen LogP contribution in [0.3, 0.4) is 0 Å². The van der Waals surface area contributed by atoms with Crippen molar-refractivity contribution in [3.8, 4) is 0 Å². The summed E-state index contributed by atoms with van der Waals surface area (Å²) in [6.45, 7) is 4.36. The number of allylic oxidation sites excluding steroid dienone is 3. The van der Waals surface area contributed by atoms with Gasteiger partial charge in [-0.3, -0.25) is 4.79 Å². The molecule has 0 aliphatic heterocycles. The highest BCUT2D eigenvalue weighted by molar-refractivity contribution is 5.76. The molecule has 0 bridgehead atoms. The molecule has 0 rings (SSSR count). The van der Waals surface area contributed by atoms with Crippen LogP contribution in [0.4, 0.5) is 0 Å². The average molecular weight is 971 g/mol. The van der Waals surface area contributed by atoms with Gasteiger partial charge in [-0.15, -0.1) is 0 Å². The molecule has 0 saturated heterocycles. The van der Waals surface area contributed by atoms with Gasteiger partial charge in [0.15, 0.2) is 0 Å². The van der Waals surface area contributed by atoms with Crippen molar-refractivity contribution in [2.75, 3.05) is 6.61 Å². The lowest BCUT2D eigenvalue weighted by atomic mass is 10.0. The van der Waals surface area contributed by atoms with Gasteiger partial charge in [-0.25, -0.2) is 0 Å².